The molecule has 3 rings (SSSR count). The van der Waals surface area contributed by atoms with Crippen molar-refractivity contribution < 1.29 is 14.6 Å². The maximum Gasteiger partial charge on any atom is 0.335 e. The van der Waals surface area contributed by atoms with Gasteiger partial charge in [0.1, 0.15) is 12.4 Å². The number of ether oxygens (including phenoxy) is 1. The van der Waals surface area contributed by atoms with Crippen molar-refractivity contribution in [2.45, 2.75) is 6.92 Å². The van der Waals surface area contributed by atoms with Crippen molar-refractivity contribution in [3.05, 3.63) is 70.8 Å². The molecule has 2 aromatic rings. The highest BCUT2D eigenvalue weighted by Crippen LogP contribution is 2.35. The van der Waals surface area contributed by atoms with Gasteiger partial charge in [-0.2, -0.15) is 0 Å². The van der Waals surface area contributed by atoms with Crippen molar-refractivity contribution >= 4 is 11.5 Å². The number of benzene rings is 2. The molecule has 1 aliphatic heterocycles. The van der Waals surface area contributed by atoms with E-state index in [0.717, 1.165) is 22.4 Å². The average molecular weight is 266 g/mol. The first kappa shape index (κ1) is 12.5. The third-order valence-electron chi connectivity index (χ3n) is 3.37. The van der Waals surface area contributed by atoms with Gasteiger partial charge in [0.2, 0.25) is 0 Å². The molecule has 100 valence electrons. The van der Waals surface area contributed by atoms with Crippen LogP contribution in [0.15, 0.2) is 48.5 Å². The van der Waals surface area contributed by atoms with Crippen LogP contribution in [-0.2, 0) is 0 Å². The van der Waals surface area contributed by atoms with Gasteiger partial charge < -0.3 is 9.84 Å². The van der Waals surface area contributed by atoms with Crippen LogP contribution in [0.3, 0.4) is 0 Å². The summed E-state index contributed by atoms with van der Waals surface area (Å²) in [6, 6.07) is 13.1. The zero-order chi connectivity index (χ0) is 14.1. The first-order valence-corrected chi connectivity index (χ1v) is 6.43. The molecule has 0 spiro atoms. The Morgan fingerprint density at radius 1 is 1.20 bits per heavy atom. The Morgan fingerprint density at radius 3 is 2.80 bits per heavy atom. The van der Waals surface area contributed by atoms with Crippen LogP contribution >= 0.6 is 0 Å². The lowest BCUT2D eigenvalue weighted by atomic mass is 9.93. The Morgan fingerprint density at radius 2 is 2.05 bits per heavy atom. The zero-order valence-corrected chi connectivity index (χ0v) is 11.1. The number of aryl methyl sites for hydroxylation is 1. The van der Waals surface area contributed by atoms with Gasteiger partial charge in [-0.1, -0.05) is 29.8 Å². The molecule has 1 heterocycles. The van der Waals surface area contributed by atoms with E-state index in [1.807, 2.05) is 31.2 Å². The number of carbonyl (C=O) groups is 1. The van der Waals surface area contributed by atoms with Crippen LogP contribution in [0.25, 0.3) is 5.57 Å². The van der Waals surface area contributed by atoms with E-state index < -0.39 is 5.97 Å². The minimum atomic E-state index is -0.929. The van der Waals surface area contributed by atoms with Crippen LogP contribution in [0.1, 0.15) is 27.0 Å². The van der Waals surface area contributed by atoms with Crippen LogP contribution in [-0.4, -0.2) is 17.7 Å². The Labute approximate surface area is 117 Å². The topological polar surface area (TPSA) is 46.5 Å². The number of hydrogen-bond acceptors (Lipinski definition) is 2. The van der Waals surface area contributed by atoms with Gasteiger partial charge >= 0.3 is 5.97 Å². The van der Waals surface area contributed by atoms with Gasteiger partial charge in [0.25, 0.3) is 0 Å². The second-order valence-corrected chi connectivity index (χ2v) is 4.81. The minimum absolute atomic E-state index is 0.271. The lowest BCUT2D eigenvalue weighted by Crippen LogP contribution is -2.07. The second-order valence-electron chi connectivity index (χ2n) is 4.81. The van der Waals surface area contributed by atoms with Crippen LogP contribution < -0.4 is 4.74 Å². The third-order valence-corrected chi connectivity index (χ3v) is 3.37. The quantitative estimate of drug-likeness (QED) is 0.904. The van der Waals surface area contributed by atoms with Crippen molar-refractivity contribution in [2.24, 2.45) is 0 Å². The number of rotatable bonds is 2. The number of carboxylic acids is 1. The molecule has 0 fully saturated rings. The molecule has 0 bridgehead atoms. The third kappa shape index (κ3) is 2.18. The fourth-order valence-corrected chi connectivity index (χ4v) is 2.41. The van der Waals surface area contributed by atoms with Gasteiger partial charge in [-0.15, -0.1) is 0 Å². The SMILES string of the molecule is Cc1cccc(C2=CCOc3ccc(C(=O)O)cc32)c1. The van der Waals surface area contributed by atoms with E-state index in [1.54, 1.807) is 18.2 Å². The number of fused-ring (bicyclic) bond motifs is 1. The summed E-state index contributed by atoms with van der Waals surface area (Å²) < 4.78 is 5.57. The number of aromatic carboxylic acids is 1. The first-order valence-electron chi connectivity index (χ1n) is 6.43. The molecule has 0 aromatic heterocycles. The van der Waals surface area contributed by atoms with Gasteiger partial charge in [0.15, 0.2) is 0 Å². The zero-order valence-electron chi connectivity index (χ0n) is 11.1. The van der Waals surface area contributed by atoms with Crippen molar-refractivity contribution in [2.75, 3.05) is 6.61 Å². The fraction of sp³-hybridized carbons (Fsp3) is 0.118. The summed E-state index contributed by atoms with van der Waals surface area (Å²) >= 11 is 0. The van der Waals surface area contributed by atoms with E-state index in [-0.39, 0.29) is 5.56 Å². The molecule has 0 radical (unpaired) electrons. The molecule has 1 aliphatic rings. The van der Waals surface area contributed by atoms with Gasteiger partial charge in [-0.3, -0.25) is 0 Å². The summed E-state index contributed by atoms with van der Waals surface area (Å²) in [6.07, 6.45) is 1.99. The first-order chi connectivity index (χ1) is 9.65. The monoisotopic (exact) mass is 266 g/mol. The highest BCUT2D eigenvalue weighted by molar-refractivity contribution is 5.92. The molecular formula is C17H14O3. The summed E-state index contributed by atoms with van der Waals surface area (Å²) in [5.41, 5.74) is 4.38. The molecule has 0 saturated heterocycles. The van der Waals surface area contributed by atoms with Crippen LogP contribution in [0, 0.1) is 6.92 Å². The lowest BCUT2D eigenvalue weighted by molar-refractivity contribution is 0.0697. The van der Waals surface area contributed by atoms with Gasteiger partial charge in [0.05, 0.1) is 5.56 Å². The summed E-state index contributed by atoms with van der Waals surface area (Å²) in [5.74, 6) is -0.198. The lowest BCUT2D eigenvalue weighted by Gasteiger charge is -2.19. The summed E-state index contributed by atoms with van der Waals surface area (Å²) in [4.78, 5) is 11.1. The summed E-state index contributed by atoms with van der Waals surface area (Å²) in [7, 11) is 0. The Balaban J connectivity index is 2.14. The van der Waals surface area contributed by atoms with Crippen molar-refractivity contribution in [3.63, 3.8) is 0 Å². The maximum absolute atomic E-state index is 11.1. The second kappa shape index (κ2) is 4.85. The van der Waals surface area contributed by atoms with Crippen LogP contribution in [0.2, 0.25) is 0 Å². The Bertz CT molecular complexity index is 714. The number of carboxylic acid groups (broad SMARTS) is 1. The highest BCUT2D eigenvalue weighted by Gasteiger charge is 2.17. The molecule has 3 nitrogen and oxygen atoms in total. The van der Waals surface area contributed by atoms with Crippen LogP contribution in [0.5, 0.6) is 5.75 Å². The van der Waals surface area contributed by atoms with E-state index >= 15 is 0 Å². The van der Waals surface area contributed by atoms with Crippen molar-refractivity contribution in [1.82, 2.24) is 0 Å². The van der Waals surface area contributed by atoms with E-state index in [2.05, 4.69) is 6.07 Å². The molecule has 20 heavy (non-hydrogen) atoms. The van der Waals surface area contributed by atoms with Gasteiger partial charge in [-0.25, -0.2) is 4.79 Å². The summed E-state index contributed by atoms with van der Waals surface area (Å²) in [6.45, 7) is 2.54. The molecular weight excluding hydrogens is 252 g/mol. The predicted octanol–water partition coefficient (Wildman–Crippen LogP) is 3.52. The van der Waals surface area contributed by atoms with Crippen molar-refractivity contribution in [3.8, 4) is 5.75 Å². The molecule has 0 aliphatic carbocycles. The normalized spacial score (nSPS) is 13.2. The van der Waals surface area contributed by atoms with E-state index in [4.69, 9.17) is 9.84 Å². The molecule has 0 atom stereocenters. The fourth-order valence-electron chi connectivity index (χ4n) is 2.41. The molecule has 2 aromatic carbocycles. The minimum Gasteiger partial charge on any atom is -0.489 e. The van der Waals surface area contributed by atoms with Crippen molar-refractivity contribution in [1.29, 1.82) is 0 Å². The standard InChI is InChI=1S/C17H14O3/c1-11-3-2-4-12(9-11)14-7-8-20-16-6-5-13(17(18)19)10-15(14)16/h2-7,9-10H,8H2,1H3,(H,18,19). The Hall–Kier alpha value is -2.55. The molecule has 0 amide bonds. The smallest absolute Gasteiger partial charge is 0.335 e. The highest BCUT2D eigenvalue weighted by atomic mass is 16.5. The largest absolute Gasteiger partial charge is 0.489 e. The average Bonchev–Trinajstić information content (AvgIpc) is 2.46. The molecule has 1 N–H and O–H groups in total. The molecule has 0 unspecified atom stereocenters. The molecule has 0 saturated carbocycles. The van der Waals surface area contributed by atoms with Crippen LogP contribution in [0.4, 0.5) is 0 Å². The van der Waals surface area contributed by atoms with E-state index in [9.17, 15) is 4.79 Å². The maximum atomic E-state index is 11.1. The predicted molar refractivity (Wildman–Crippen MR) is 77.2 cm³/mol. The molecule has 3 heteroatoms. The number of hydrogen-bond donors (Lipinski definition) is 1. The van der Waals surface area contributed by atoms with Gasteiger partial charge in [0, 0.05) is 5.56 Å². The summed E-state index contributed by atoms with van der Waals surface area (Å²) in [5, 5.41) is 9.13. The van der Waals surface area contributed by atoms with E-state index in [0.29, 0.717) is 6.61 Å². The van der Waals surface area contributed by atoms with E-state index in [1.165, 1.54) is 5.56 Å². The Kier molecular flexibility index (Phi) is 3.03. The van der Waals surface area contributed by atoms with Gasteiger partial charge in [-0.05, 0) is 42.3 Å².